The van der Waals surface area contributed by atoms with Gasteiger partial charge in [-0.25, -0.2) is 18.2 Å². The van der Waals surface area contributed by atoms with Gasteiger partial charge in [0.25, 0.3) is 5.91 Å². The van der Waals surface area contributed by atoms with Gasteiger partial charge in [0.2, 0.25) is 10.0 Å². The highest BCUT2D eigenvalue weighted by atomic mass is 32.2. The molecule has 1 aliphatic heterocycles. The standard InChI is InChI=1S/C24H27N5O5S/c30-22(18-3-6-21-25-9-12-28(21)16-18)26-15-17-1-4-20(5-2-17)35(33,34)29-10-7-24(8-11-29)13-19(14-24)27-23(31)32/h1-6,9,12,16,19,27H,7-8,10-11,13-15H2,(H,26,30)(H,31,32). The van der Waals surface area contributed by atoms with Crippen LogP contribution in [0.3, 0.4) is 0 Å². The van der Waals surface area contributed by atoms with Crippen molar-refractivity contribution in [2.24, 2.45) is 5.41 Å². The molecule has 5 rings (SSSR count). The van der Waals surface area contributed by atoms with Crippen molar-refractivity contribution in [2.45, 2.75) is 43.2 Å². The maximum atomic E-state index is 13.1. The Morgan fingerprint density at radius 3 is 2.49 bits per heavy atom. The Kier molecular flexibility index (Phi) is 5.97. The van der Waals surface area contributed by atoms with Gasteiger partial charge >= 0.3 is 6.09 Å². The van der Waals surface area contributed by atoms with Gasteiger partial charge in [-0.05, 0) is 60.9 Å². The van der Waals surface area contributed by atoms with Crippen molar-refractivity contribution >= 4 is 27.7 Å². The predicted octanol–water partition coefficient (Wildman–Crippen LogP) is 2.47. The second-order valence-corrected chi connectivity index (χ2v) is 11.3. The lowest BCUT2D eigenvalue weighted by Gasteiger charge is -2.51. The summed E-state index contributed by atoms with van der Waals surface area (Å²) in [5, 5.41) is 14.2. The van der Waals surface area contributed by atoms with Gasteiger partial charge in [-0.2, -0.15) is 4.31 Å². The van der Waals surface area contributed by atoms with Crippen molar-refractivity contribution < 1.29 is 23.1 Å². The number of pyridine rings is 1. The first-order valence-electron chi connectivity index (χ1n) is 11.5. The summed E-state index contributed by atoms with van der Waals surface area (Å²) in [7, 11) is -3.61. The van der Waals surface area contributed by atoms with E-state index in [9.17, 15) is 18.0 Å². The van der Waals surface area contributed by atoms with Gasteiger partial charge in [0, 0.05) is 44.3 Å². The fraction of sp³-hybridized carbons (Fsp3) is 0.375. The molecule has 2 aromatic heterocycles. The van der Waals surface area contributed by atoms with Gasteiger partial charge < -0.3 is 20.1 Å². The zero-order valence-corrected chi connectivity index (χ0v) is 19.9. The third-order valence-electron chi connectivity index (χ3n) is 7.13. The van der Waals surface area contributed by atoms with Crippen LogP contribution >= 0.6 is 0 Å². The van der Waals surface area contributed by atoms with Gasteiger partial charge in [0.1, 0.15) is 5.65 Å². The molecule has 0 atom stereocenters. The summed E-state index contributed by atoms with van der Waals surface area (Å²) in [6.07, 6.45) is 7.14. The van der Waals surface area contributed by atoms with Crippen LogP contribution in [0.15, 0.2) is 59.9 Å². The number of carboxylic acid groups (broad SMARTS) is 1. The van der Waals surface area contributed by atoms with E-state index in [0.29, 0.717) is 18.7 Å². The maximum absolute atomic E-state index is 13.1. The van der Waals surface area contributed by atoms with E-state index >= 15 is 0 Å². The number of nitrogens with zero attached hydrogens (tertiary/aromatic N) is 3. The Balaban J connectivity index is 1.15. The minimum atomic E-state index is -3.61. The average molecular weight is 498 g/mol. The first kappa shape index (κ1) is 23.3. The summed E-state index contributed by atoms with van der Waals surface area (Å²) in [5.41, 5.74) is 2.11. The van der Waals surface area contributed by atoms with Crippen molar-refractivity contribution in [3.8, 4) is 0 Å². The molecule has 1 saturated heterocycles. The lowest BCUT2D eigenvalue weighted by Crippen LogP contribution is -2.55. The molecule has 184 valence electrons. The molecule has 11 heteroatoms. The van der Waals surface area contributed by atoms with Crippen LogP contribution in [-0.4, -0.2) is 58.3 Å². The molecule has 3 heterocycles. The molecule has 0 unspecified atom stereocenters. The molecular formula is C24H27N5O5S. The second-order valence-electron chi connectivity index (χ2n) is 9.40. The zero-order chi connectivity index (χ0) is 24.6. The third kappa shape index (κ3) is 4.73. The normalized spacial score (nSPS) is 18.3. The molecule has 10 nitrogen and oxygen atoms in total. The van der Waals surface area contributed by atoms with Crippen LogP contribution in [-0.2, 0) is 16.6 Å². The third-order valence-corrected chi connectivity index (χ3v) is 9.05. The van der Waals surface area contributed by atoms with Crippen molar-refractivity contribution in [1.29, 1.82) is 0 Å². The number of fused-ring (bicyclic) bond motifs is 1. The summed E-state index contributed by atoms with van der Waals surface area (Å²) < 4.78 is 29.5. The number of hydrogen-bond acceptors (Lipinski definition) is 5. The smallest absolute Gasteiger partial charge is 0.404 e. The predicted molar refractivity (Wildman–Crippen MR) is 127 cm³/mol. The molecule has 1 spiro atoms. The quantitative estimate of drug-likeness (QED) is 0.479. The number of aromatic nitrogens is 2. The van der Waals surface area contributed by atoms with Crippen LogP contribution in [0.1, 0.15) is 41.6 Å². The maximum Gasteiger partial charge on any atom is 0.404 e. The summed E-state index contributed by atoms with van der Waals surface area (Å²) in [4.78, 5) is 27.7. The molecule has 2 fully saturated rings. The molecule has 2 aliphatic rings. The summed E-state index contributed by atoms with van der Waals surface area (Å²) in [6, 6.07) is 10.0. The van der Waals surface area contributed by atoms with Crippen LogP contribution < -0.4 is 10.6 Å². The second kappa shape index (κ2) is 8.97. The fourth-order valence-corrected chi connectivity index (χ4v) is 6.58. The molecule has 35 heavy (non-hydrogen) atoms. The summed E-state index contributed by atoms with van der Waals surface area (Å²) >= 11 is 0. The SMILES string of the molecule is O=C(O)NC1CC2(CCN(S(=O)(=O)c3ccc(CNC(=O)c4ccc5nccn5c4)cc3)CC2)C1. The van der Waals surface area contributed by atoms with Crippen LogP contribution in [0.2, 0.25) is 0 Å². The fourth-order valence-electron chi connectivity index (χ4n) is 5.14. The highest BCUT2D eigenvalue weighted by Crippen LogP contribution is 2.49. The van der Waals surface area contributed by atoms with Gasteiger partial charge in [-0.1, -0.05) is 12.1 Å². The number of carbonyl (C=O) groups excluding carboxylic acids is 1. The largest absolute Gasteiger partial charge is 0.465 e. The Labute approximate surface area is 203 Å². The van der Waals surface area contributed by atoms with E-state index in [1.54, 1.807) is 59.4 Å². The Morgan fingerprint density at radius 2 is 1.80 bits per heavy atom. The number of nitrogens with one attached hydrogen (secondary N) is 2. The van der Waals surface area contributed by atoms with Crippen LogP contribution in [0.5, 0.6) is 0 Å². The van der Waals surface area contributed by atoms with E-state index in [1.165, 1.54) is 4.31 Å². The Morgan fingerprint density at radius 1 is 1.09 bits per heavy atom. The molecule has 0 radical (unpaired) electrons. The van der Waals surface area contributed by atoms with E-state index in [2.05, 4.69) is 15.6 Å². The lowest BCUT2D eigenvalue weighted by atomic mass is 9.60. The van der Waals surface area contributed by atoms with Gasteiger partial charge in [0.15, 0.2) is 0 Å². The van der Waals surface area contributed by atoms with Crippen molar-refractivity contribution in [3.63, 3.8) is 0 Å². The van der Waals surface area contributed by atoms with E-state index < -0.39 is 16.1 Å². The summed E-state index contributed by atoms with van der Waals surface area (Å²) in [6.45, 7) is 1.14. The minimum Gasteiger partial charge on any atom is -0.465 e. The number of imidazole rings is 1. The highest BCUT2D eigenvalue weighted by Gasteiger charge is 2.47. The van der Waals surface area contributed by atoms with Crippen molar-refractivity contribution in [2.75, 3.05) is 13.1 Å². The van der Waals surface area contributed by atoms with Gasteiger partial charge in [-0.15, -0.1) is 0 Å². The van der Waals surface area contributed by atoms with Crippen molar-refractivity contribution in [1.82, 2.24) is 24.3 Å². The van der Waals surface area contributed by atoms with Gasteiger partial charge in [0.05, 0.1) is 10.5 Å². The molecular weight excluding hydrogens is 470 g/mol. The first-order valence-corrected chi connectivity index (χ1v) is 13.0. The highest BCUT2D eigenvalue weighted by molar-refractivity contribution is 7.89. The number of rotatable bonds is 6. The van der Waals surface area contributed by atoms with Crippen molar-refractivity contribution in [3.05, 3.63) is 66.1 Å². The number of hydrogen-bond donors (Lipinski definition) is 3. The van der Waals surface area contributed by atoms with Gasteiger partial charge in [-0.3, -0.25) is 4.79 Å². The van der Waals surface area contributed by atoms with E-state index in [1.807, 2.05) is 0 Å². The molecule has 3 aromatic rings. The topological polar surface area (TPSA) is 133 Å². The van der Waals surface area contributed by atoms with E-state index in [-0.39, 0.29) is 28.8 Å². The van der Waals surface area contributed by atoms with E-state index in [4.69, 9.17) is 5.11 Å². The van der Waals surface area contributed by atoms with E-state index in [0.717, 1.165) is 36.9 Å². The van der Waals surface area contributed by atoms with Crippen LogP contribution in [0.4, 0.5) is 4.79 Å². The number of sulfonamides is 1. The zero-order valence-electron chi connectivity index (χ0n) is 19.1. The Bertz CT molecular complexity index is 1350. The molecule has 3 N–H and O–H groups in total. The number of amides is 2. The van der Waals surface area contributed by atoms with Crippen LogP contribution in [0, 0.1) is 5.41 Å². The molecule has 0 bridgehead atoms. The summed E-state index contributed by atoms with van der Waals surface area (Å²) in [5.74, 6) is -0.226. The number of carbonyl (C=O) groups is 2. The molecule has 1 saturated carbocycles. The first-order chi connectivity index (χ1) is 16.7. The number of benzene rings is 1. The lowest BCUT2D eigenvalue weighted by molar-refractivity contribution is 0.0279. The Hall–Kier alpha value is -3.44. The van der Waals surface area contributed by atoms with Crippen LogP contribution in [0.25, 0.3) is 5.65 Å². The molecule has 1 aromatic carbocycles. The monoisotopic (exact) mass is 497 g/mol. The average Bonchev–Trinajstić information content (AvgIpc) is 3.30. The molecule has 1 aliphatic carbocycles. The minimum absolute atomic E-state index is 0.0301. The number of piperidine rings is 1. The molecule has 2 amide bonds.